The van der Waals surface area contributed by atoms with Crippen LogP contribution >= 0.6 is 0 Å². The molecule has 3 fully saturated rings. The zero-order valence-electron chi connectivity index (χ0n) is 22.4. The van der Waals surface area contributed by atoms with Crippen LogP contribution in [-0.4, -0.2) is 68.0 Å². The minimum Gasteiger partial charge on any atom is -0.393 e. The molecule has 3 aliphatic heterocycles. The van der Waals surface area contributed by atoms with Gasteiger partial charge in [-0.15, -0.1) is 0 Å². The van der Waals surface area contributed by atoms with Gasteiger partial charge in [0.05, 0.1) is 29.6 Å². The molecule has 7 N–H and O–H groups in total. The van der Waals surface area contributed by atoms with Crippen LogP contribution in [0.15, 0.2) is 0 Å². The molecule has 216 valence electrons. The molecular formula is C25H42N4O9. The molecule has 0 amide bonds. The second-order valence-corrected chi connectivity index (χ2v) is 10.0. The lowest BCUT2D eigenvalue weighted by atomic mass is 9.78. The van der Waals surface area contributed by atoms with Gasteiger partial charge in [-0.2, -0.15) is 0 Å². The molecule has 0 aromatic heterocycles. The summed E-state index contributed by atoms with van der Waals surface area (Å²) in [6.45, 7) is 8.66. The van der Waals surface area contributed by atoms with Crippen LogP contribution in [-0.2, 0) is 43.0 Å². The smallest absolute Gasteiger partial charge is 0.316 e. The average molecular weight is 543 g/mol. The number of nitrogens with two attached hydrogens (primary N) is 3. The fourth-order valence-corrected chi connectivity index (χ4v) is 4.17. The summed E-state index contributed by atoms with van der Waals surface area (Å²) in [6.07, 6.45) is 1.04. The number of nitrogens with one attached hydrogen (secondary N) is 1. The summed E-state index contributed by atoms with van der Waals surface area (Å²) in [5.41, 5.74) is 15.4. The Kier molecular flexibility index (Phi) is 14.9. The van der Waals surface area contributed by atoms with E-state index >= 15 is 0 Å². The molecule has 3 saturated heterocycles. The van der Waals surface area contributed by atoms with E-state index in [1.165, 1.54) is 0 Å². The van der Waals surface area contributed by atoms with Gasteiger partial charge in [-0.1, -0.05) is 20.8 Å². The monoisotopic (exact) mass is 542 g/mol. The minimum atomic E-state index is -0.713. The summed E-state index contributed by atoms with van der Waals surface area (Å²) in [4.78, 5) is 70.4. The summed E-state index contributed by atoms with van der Waals surface area (Å²) < 4.78 is 14.1. The molecule has 0 saturated carbocycles. The number of hydrogen-bond acceptors (Lipinski definition) is 13. The molecule has 13 heteroatoms. The number of hydrogen-bond donors (Lipinski definition) is 4. The van der Waals surface area contributed by atoms with Gasteiger partial charge in [-0.25, -0.2) is 0 Å². The standard InChI is InChI=1S/C18H20O9.C4H13N3.C3H9N/c1-8-4-10(16(22)26-14(8)20)6-12-7-11(17(23)27-18(12)24)5-9-2-3-13(19)25-15(9)21;5-1-3-7-4-2-6;1-3(2)4/h8-12H,2-7H2,1H3;7H,1-6H2;3H,4H2,1-2H3. The molecule has 0 spiro atoms. The predicted molar refractivity (Wildman–Crippen MR) is 134 cm³/mol. The van der Waals surface area contributed by atoms with Crippen molar-refractivity contribution in [1.82, 2.24) is 5.32 Å². The Morgan fingerprint density at radius 2 is 1.16 bits per heavy atom. The fourth-order valence-electron chi connectivity index (χ4n) is 4.17. The summed E-state index contributed by atoms with van der Waals surface area (Å²) in [6, 6.07) is 0.333. The molecule has 13 nitrogen and oxygen atoms in total. The Bertz CT molecular complexity index is 842. The maximum absolute atomic E-state index is 12.1. The zero-order valence-corrected chi connectivity index (χ0v) is 22.4. The van der Waals surface area contributed by atoms with Crippen molar-refractivity contribution in [3.8, 4) is 0 Å². The van der Waals surface area contributed by atoms with Crippen LogP contribution in [0.1, 0.15) is 59.3 Å². The second kappa shape index (κ2) is 17.0. The number of cyclic esters (lactones) is 6. The van der Waals surface area contributed by atoms with E-state index in [1.54, 1.807) is 6.92 Å². The highest BCUT2D eigenvalue weighted by Crippen LogP contribution is 2.36. The van der Waals surface area contributed by atoms with Crippen molar-refractivity contribution >= 4 is 35.8 Å². The van der Waals surface area contributed by atoms with Crippen LogP contribution in [0.4, 0.5) is 0 Å². The topological polar surface area (TPSA) is 220 Å². The van der Waals surface area contributed by atoms with Gasteiger partial charge >= 0.3 is 35.8 Å². The summed E-state index contributed by atoms with van der Waals surface area (Å²) in [5.74, 6) is -7.01. The van der Waals surface area contributed by atoms with Crippen LogP contribution in [0.2, 0.25) is 0 Å². The fraction of sp³-hybridized carbons (Fsp3) is 0.760. The molecule has 0 bridgehead atoms. The summed E-state index contributed by atoms with van der Waals surface area (Å²) in [5, 5.41) is 3.03. The molecule has 0 radical (unpaired) electrons. The van der Waals surface area contributed by atoms with Gasteiger partial charge in [-0.3, -0.25) is 28.8 Å². The lowest BCUT2D eigenvalue weighted by molar-refractivity contribution is -0.175. The first kappa shape index (κ1) is 33.3. The average Bonchev–Trinajstić information content (AvgIpc) is 2.82. The highest BCUT2D eigenvalue weighted by atomic mass is 16.6. The maximum atomic E-state index is 12.1. The summed E-state index contributed by atoms with van der Waals surface area (Å²) >= 11 is 0. The third-order valence-electron chi connectivity index (χ3n) is 6.04. The van der Waals surface area contributed by atoms with Crippen LogP contribution in [0.5, 0.6) is 0 Å². The number of carbonyl (C=O) groups excluding carboxylic acids is 6. The van der Waals surface area contributed by atoms with Crippen molar-refractivity contribution in [2.24, 2.45) is 46.8 Å². The van der Waals surface area contributed by atoms with Crippen molar-refractivity contribution in [2.45, 2.75) is 65.3 Å². The van der Waals surface area contributed by atoms with Gasteiger partial charge in [-0.05, 0) is 38.1 Å². The largest absolute Gasteiger partial charge is 0.393 e. The first-order valence-corrected chi connectivity index (χ1v) is 13.0. The Morgan fingerprint density at radius 1 is 0.737 bits per heavy atom. The van der Waals surface area contributed by atoms with Crippen molar-refractivity contribution in [3.05, 3.63) is 0 Å². The Hall–Kier alpha value is -2.74. The van der Waals surface area contributed by atoms with Crippen LogP contribution in [0.3, 0.4) is 0 Å². The molecule has 5 unspecified atom stereocenters. The van der Waals surface area contributed by atoms with Gasteiger partial charge in [0.2, 0.25) is 0 Å². The molecular weight excluding hydrogens is 500 g/mol. The molecule has 38 heavy (non-hydrogen) atoms. The van der Waals surface area contributed by atoms with Gasteiger partial charge < -0.3 is 36.7 Å². The highest BCUT2D eigenvalue weighted by molar-refractivity contribution is 5.93. The van der Waals surface area contributed by atoms with E-state index in [-0.39, 0.29) is 38.5 Å². The molecule has 3 aliphatic rings. The van der Waals surface area contributed by atoms with Gasteiger partial charge in [0.25, 0.3) is 0 Å². The predicted octanol–water partition coefficient (Wildman–Crippen LogP) is -0.475. The third kappa shape index (κ3) is 11.8. The minimum absolute atomic E-state index is 0.0976. The van der Waals surface area contributed by atoms with Gasteiger partial charge in [0, 0.05) is 32.6 Å². The number of carbonyl (C=O) groups is 6. The molecule has 0 aromatic rings. The highest BCUT2D eigenvalue weighted by Gasteiger charge is 2.44. The van der Waals surface area contributed by atoms with E-state index in [1.807, 2.05) is 13.8 Å². The SMILES string of the molecule is CC(C)N.CC1CC(CC2CC(CC3CCC(=O)OC3=O)C(=O)OC2=O)C(=O)OC1=O.NCCNCCN. The van der Waals surface area contributed by atoms with E-state index in [0.29, 0.717) is 19.1 Å². The number of esters is 6. The van der Waals surface area contributed by atoms with Crippen molar-refractivity contribution in [1.29, 1.82) is 0 Å². The third-order valence-corrected chi connectivity index (χ3v) is 6.04. The Morgan fingerprint density at radius 3 is 1.63 bits per heavy atom. The van der Waals surface area contributed by atoms with E-state index in [9.17, 15) is 28.8 Å². The molecule has 0 aliphatic carbocycles. The van der Waals surface area contributed by atoms with Crippen molar-refractivity contribution in [2.75, 3.05) is 26.2 Å². The number of ether oxygens (including phenoxy) is 3. The van der Waals surface area contributed by atoms with E-state index in [0.717, 1.165) is 13.1 Å². The molecule has 3 rings (SSSR count). The Balaban J connectivity index is 0.000000554. The molecule has 5 atom stereocenters. The molecule has 0 aromatic carbocycles. The zero-order chi connectivity index (χ0) is 28.8. The normalized spacial score (nSPS) is 27.4. The van der Waals surface area contributed by atoms with E-state index < -0.39 is 65.4 Å². The van der Waals surface area contributed by atoms with E-state index in [4.69, 9.17) is 26.7 Å². The van der Waals surface area contributed by atoms with Crippen LogP contribution in [0.25, 0.3) is 0 Å². The van der Waals surface area contributed by atoms with Crippen LogP contribution in [0, 0.1) is 29.6 Å². The summed E-state index contributed by atoms with van der Waals surface area (Å²) in [7, 11) is 0. The quantitative estimate of drug-likeness (QED) is 0.132. The first-order valence-electron chi connectivity index (χ1n) is 13.0. The second-order valence-electron chi connectivity index (χ2n) is 10.0. The molecule has 3 heterocycles. The van der Waals surface area contributed by atoms with Crippen molar-refractivity contribution < 1.29 is 43.0 Å². The van der Waals surface area contributed by atoms with Gasteiger partial charge in [0.15, 0.2) is 0 Å². The lowest BCUT2D eigenvalue weighted by Gasteiger charge is -2.32. The lowest BCUT2D eigenvalue weighted by Crippen LogP contribution is -2.41. The first-order chi connectivity index (χ1) is 17.9. The number of rotatable bonds is 8. The Labute approximate surface area is 222 Å². The van der Waals surface area contributed by atoms with Crippen molar-refractivity contribution in [3.63, 3.8) is 0 Å². The van der Waals surface area contributed by atoms with Gasteiger partial charge in [0.1, 0.15) is 0 Å². The maximum Gasteiger partial charge on any atom is 0.316 e. The van der Waals surface area contributed by atoms with E-state index in [2.05, 4.69) is 10.1 Å². The van der Waals surface area contributed by atoms with Crippen LogP contribution < -0.4 is 22.5 Å².